The van der Waals surface area contributed by atoms with Crippen molar-refractivity contribution in [3.05, 3.63) is 0 Å². The molecule has 5 N–H and O–H groups in total. The number of carboxylic acid groups (broad SMARTS) is 7. The average molecular weight is 420 g/mol. The zero-order valence-corrected chi connectivity index (χ0v) is 14.1. The van der Waals surface area contributed by atoms with Crippen LogP contribution in [0.1, 0.15) is 0 Å². The Bertz CT molecular complexity index is 322. The normalized spacial score (nSPS) is 7.50. The maximum atomic E-state index is 9.84. The van der Waals surface area contributed by atoms with Gasteiger partial charge in [-0.2, -0.15) is 0 Å². The second-order valence-electron chi connectivity index (χ2n) is 1.83. The van der Waals surface area contributed by atoms with Gasteiger partial charge in [-0.3, -0.25) is 0 Å². The van der Waals surface area contributed by atoms with Gasteiger partial charge in [0.2, 0.25) is 12.3 Å². The molecule has 17 heteroatoms. The summed E-state index contributed by atoms with van der Waals surface area (Å²) in [7, 11) is 0. The maximum Gasteiger partial charge on any atom is 2.00 e. The maximum absolute atomic E-state index is 9.84. The standard InChI is InChI=1S/C3H3AsO9.2CH2O3.Ca/c5-1(6)11-4(12-2(7)8)13-3(9)10;2*2-1(3)4;/h(H,5,6)(H,7,8)(H,9,10);2*(H2,2,3,4);/q;;;+2/p-2. The van der Waals surface area contributed by atoms with E-state index in [1.165, 1.54) is 0 Å². The Hall–Kier alpha value is -1.83. The number of hydrogen-bond donors (Lipinski definition) is 5. The van der Waals surface area contributed by atoms with Gasteiger partial charge >= 0.3 is 113 Å². The minimum Gasteiger partial charge on any atom is -0.565 e. The van der Waals surface area contributed by atoms with E-state index in [4.69, 9.17) is 45.3 Å². The van der Waals surface area contributed by atoms with E-state index in [9.17, 15) is 14.4 Å². The van der Waals surface area contributed by atoms with Crippen molar-refractivity contribution < 1.29 is 70.9 Å². The monoisotopic (exact) mass is 420 g/mol. The molecule has 0 aromatic rings. The fraction of sp³-hybridized carbons (Fsp3) is 0. The minimum absolute atomic E-state index is 0. The first-order chi connectivity index (χ1) is 9.38. The first kappa shape index (κ1) is 28.3. The van der Waals surface area contributed by atoms with E-state index in [2.05, 4.69) is 11.2 Å². The molecule has 0 saturated heterocycles. The molecule has 0 aromatic carbocycles. The third kappa shape index (κ3) is 51.8. The number of carbonyl (C=O) groups is 5. The van der Waals surface area contributed by atoms with Crippen molar-refractivity contribution in [3.8, 4) is 0 Å². The van der Waals surface area contributed by atoms with Crippen LogP contribution >= 0.6 is 0 Å². The molecular weight excluding hydrogens is 415 g/mol. The smallest absolute Gasteiger partial charge is 0.565 e. The predicted molar refractivity (Wildman–Crippen MR) is 54.9 cm³/mol. The van der Waals surface area contributed by atoms with Gasteiger partial charge in [0.25, 0.3) is 0 Å². The molecule has 0 aliphatic carbocycles. The van der Waals surface area contributed by atoms with Crippen LogP contribution in [0.15, 0.2) is 0 Å². The van der Waals surface area contributed by atoms with Gasteiger partial charge in [-0.15, -0.1) is 0 Å². The minimum atomic E-state index is -3.77. The number of hydrogen-bond acceptors (Lipinski definition) is 10. The van der Waals surface area contributed by atoms with Gasteiger partial charge in [0.05, 0.1) is 0 Å². The fourth-order valence-electron chi connectivity index (χ4n) is 0.247. The van der Waals surface area contributed by atoms with Crippen LogP contribution in [0.2, 0.25) is 0 Å². The Kier molecular flexibility index (Phi) is 22.2. The molecule has 15 nitrogen and oxygen atoms in total. The van der Waals surface area contributed by atoms with E-state index in [-0.39, 0.29) is 37.7 Å². The van der Waals surface area contributed by atoms with Crippen molar-refractivity contribution in [3.63, 3.8) is 0 Å². The summed E-state index contributed by atoms with van der Waals surface area (Å²) < 4.78 is 11.2. The first-order valence-electron chi connectivity index (χ1n) is 3.71. The van der Waals surface area contributed by atoms with Crippen molar-refractivity contribution in [2.24, 2.45) is 0 Å². The molecule has 0 fully saturated rings. The van der Waals surface area contributed by atoms with E-state index < -0.39 is 46.5 Å². The quantitative estimate of drug-likeness (QED) is 0.294. The first-order valence-corrected chi connectivity index (χ1v) is 6.01. The summed E-state index contributed by atoms with van der Waals surface area (Å²) in [6.45, 7) is 0. The van der Waals surface area contributed by atoms with Crippen molar-refractivity contribution in [2.45, 2.75) is 0 Å². The van der Waals surface area contributed by atoms with Crippen LogP contribution in [0, 0.1) is 0 Å². The third-order valence-corrected chi connectivity index (χ3v) is 2.38. The summed E-state index contributed by atoms with van der Waals surface area (Å²) >= 11 is -3.77. The third-order valence-electron chi connectivity index (χ3n) is 0.458. The molecule has 0 aromatic heterocycles. The second kappa shape index (κ2) is 17.2. The van der Waals surface area contributed by atoms with Crippen LogP contribution in [0.4, 0.5) is 24.0 Å². The molecule has 22 heavy (non-hydrogen) atoms. The average Bonchev–Trinajstić information content (AvgIpc) is 2.10. The zero-order valence-electron chi connectivity index (χ0n) is 9.97. The van der Waals surface area contributed by atoms with E-state index in [1.807, 2.05) is 0 Å². The Morgan fingerprint density at radius 1 is 0.636 bits per heavy atom. The molecule has 0 saturated carbocycles. The van der Waals surface area contributed by atoms with Gasteiger partial charge in [0, 0.05) is 0 Å². The summed E-state index contributed by atoms with van der Waals surface area (Å²) in [5.74, 6) is 0. The molecule has 0 bridgehead atoms. The molecular formula is C5H5AsCaO15. The van der Waals surface area contributed by atoms with Crippen molar-refractivity contribution in [2.75, 3.05) is 0 Å². The van der Waals surface area contributed by atoms with Crippen LogP contribution in [-0.4, -0.2) is 110 Å². The van der Waals surface area contributed by atoms with E-state index in [1.54, 1.807) is 0 Å². The van der Waals surface area contributed by atoms with Gasteiger partial charge in [-0.25, -0.2) is 0 Å². The molecule has 0 spiro atoms. The molecule has 0 radical (unpaired) electrons. The SMILES string of the molecule is O=C(O)O[As](OC(=O)O)OC(=O)O.O=C([O-])O.O=C([O-])O.[Ca+2]. The molecule has 0 atom stereocenters. The molecule has 0 heterocycles. The summed E-state index contributed by atoms with van der Waals surface area (Å²) in [6, 6.07) is 0. The molecule has 0 amide bonds. The van der Waals surface area contributed by atoms with Gasteiger partial charge in [-0.1, -0.05) is 0 Å². The zero-order chi connectivity index (χ0) is 17.6. The van der Waals surface area contributed by atoms with E-state index in [0.717, 1.165) is 0 Å². The van der Waals surface area contributed by atoms with Gasteiger partial charge in [-0.05, 0) is 0 Å². The second-order valence-corrected chi connectivity index (χ2v) is 3.91. The molecule has 0 rings (SSSR count). The summed E-state index contributed by atoms with van der Waals surface area (Å²) in [5.41, 5.74) is 0. The topological polar surface area (TPSA) is 260 Å². The Balaban J connectivity index is -0.000000150. The summed E-state index contributed by atoms with van der Waals surface area (Å²) in [6.07, 6.45) is -9.78. The van der Waals surface area contributed by atoms with Crippen molar-refractivity contribution in [1.82, 2.24) is 0 Å². The van der Waals surface area contributed by atoms with Crippen LogP contribution in [0.3, 0.4) is 0 Å². The Morgan fingerprint density at radius 3 is 0.864 bits per heavy atom. The molecule has 0 unspecified atom stereocenters. The van der Waals surface area contributed by atoms with Crippen LogP contribution < -0.4 is 10.2 Å². The van der Waals surface area contributed by atoms with Gasteiger partial charge in [0.15, 0.2) is 0 Å². The van der Waals surface area contributed by atoms with Crippen LogP contribution in [0.5, 0.6) is 0 Å². The Morgan fingerprint density at radius 2 is 0.773 bits per heavy atom. The van der Waals surface area contributed by atoms with Gasteiger partial charge in [0.1, 0.15) is 0 Å². The number of rotatable bonds is 3. The van der Waals surface area contributed by atoms with Crippen LogP contribution in [-0.2, 0) is 11.2 Å². The van der Waals surface area contributed by atoms with Gasteiger partial charge < -0.3 is 30.0 Å². The van der Waals surface area contributed by atoms with Crippen LogP contribution in [0.25, 0.3) is 0 Å². The van der Waals surface area contributed by atoms with Crippen molar-refractivity contribution >= 4 is 84.2 Å². The molecule has 0 aliphatic heterocycles. The van der Waals surface area contributed by atoms with E-state index in [0.29, 0.717) is 0 Å². The summed E-state index contributed by atoms with van der Waals surface area (Å²) in [4.78, 5) is 46.4. The molecule has 0 aliphatic rings. The Labute approximate surface area is 154 Å². The molecule has 122 valence electrons. The fourth-order valence-corrected chi connectivity index (χ4v) is 1.28. The predicted octanol–water partition coefficient (Wildman–Crippen LogP) is -2.55. The summed E-state index contributed by atoms with van der Waals surface area (Å²) in [5, 5.41) is 54.5. The largest absolute Gasteiger partial charge is 2.00 e. The van der Waals surface area contributed by atoms with Crippen molar-refractivity contribution in [1.29, 1.82) is 0 Å². The van der Waals surface area contributed by atoms with E-state index >= 15 is 0 Å².